The topological polar surface area (TPSA) is 129 Å². The summed E-state index contributed by atoms with van der Waals surface area (Å²) < 4.78 is 51.4. The molecule has 0 saturated heterocycles. The fraction of sp³-hybridized carbons (Fsp3) is 0.241. The van der Waals surface area contributed by atoms with Crippen molar-refractivity contribution in [2.24, 2.45) is 0 Å². The van der Waals surface area contributed by atoms with Gasteiger partial charge in [0, 0.05) is 36.9 Å². The Balaban J connectivity index is 0.000000336. The highest BCUT2D eigenvalue weighted by molar-refractivity contribution is 7.85. The summed E-state index contributed by atoms with van der Waals surface area (Å²) in [5.41, 5.74) is 3.30. The zero-order valence-electron chi connectivity index (χ0n) is 22.5. The summed E-state index contributed by atoms with van der Waals surface area (Å²) >= 11 is 0. The number of terminal acetylenes is 1. The molecule has 3 aromatic carbocycles. The van der Waals surface area contributed by atoms with Crippen molar-refractivity contribution in [2.45, 2.75) is 11.8 Å². The van der Waals surface area contributed by atoms with E-state index in [2.05, 4.69) is 21.2 Å². The molecule has 0 aliphatic heterocycles. The summed E-state index contributed by atoms with van der Waals surface area (Å²) in [4.78, 5) is 8.69. The smallest absolute Gasteiger partial charge is 0.294 e. The Labute approximate surface area is 234 Å². The van der Waals surface area contributed by atoms with E-state index >= 15 is 0 Å². The van der Waals surface area contributed by atoms with Crippen molar-refractivity contribution in [3.05, 3.63) is 78.1 Å². The molecule has 1 heterocycles. The monoisotopic (exact) mass is 565 g/mol. The predicted molar refractivity (Wildman–Crippen MR) is 153 cm³/mol. The van der Waals surface area contributed by atoms with Crippen LogP contribution in [0.1, 0.15) is 11.1 Å². The highest BCUT2D eigenvalue weighted by Crippen LogP contribution is 2.35. The molecule has 0 unspecified atom stereocenters. The van der Waals surface area contributed by atoms with Gasteiger partial charge in [-0.2, -0.15) is 8.42 Å². The van der Waals surface area contributed by atoms with E-state index in [-0.39, 0.29) is 4.90 Å². The van der Waals surface area contributed by atoms with Crippen molar-refractivity contribution in [3.63, 3.8) is 0 Å². The van der Waals surface area contributed by atoms with Gasteiger partial charge in [-0.1, -0.05) is 29.7 Å². The van der Waals surface area contributed by atoms with Gasteiger partial charge in [-0.15, -0.1) is 6.42 Å². The first kappa shape index (κ1) is 30.3. The highest BCUT2D eigenvalue weighted by atomic mass is 32.2. The molecule has 0 saturated carbocycles. The van der Waals surface area contributed by atoms with Gasteiger partial charge < -0.3 is 24.3 Å². The molecule has 0 radical (unpaired) electrons. The first-order valence-corrected chi connectivity index (χ1v) is 13.6. The first-order valence-electron chi connectivity index (χ1n) is 12.1. The van der Waals surface area contributed by atoms with Crippen LogP contribution in [0.25, 0.3) is 10.9 Å². The van der Waals surface area contributed by atoms with Crippen molar-refractivity contribution in [3.8, 4) is 23.8 Å². The number of nitrogens with zero attached hydrogens (tertiary/aromatic N) is 2. The molecule has 0 amide bonds. The zero-order chi connectivity index (χ0) is 29.0. The normalized spacial score (nSPS) is 10.8. The van der Waals surface area contributed by atoms with Crippen LogP contribution in [-0.2, 0) is 19.6 Å². The summed E-state index contributed by atoms with van der Waals surface area (Å²) in [6.07, 6.45) is 6.99. The second-order valence-electron chi connectivity index (χ2n) is 8.36. The lowest BCUT2D eigenvalue weighted by atomic mass is 10.2. The molecule has 0 bridgehead atoms. The third kappa shape index (κ3) is 8.93. The lowest BCUT2D eigenvalue weighted by molar-refractivity contribution is 0.132. The summed E-state index contributed by atoms with van der Waals surface area (Å²) in [6, 6.07) is 17.2. The van der Waals surface area contributed by atoms with Crippen molar-refractivity contribution >= 4 is 32.5 Å². The summed E-state index contributed by atoms with van der Waals surface area (Å²) in [5, 5.41) is 4.10. The van der Waals surface area contributed by atoms with E-state index in [1.807, 2.05) is 43.3 Å². The Kier molecular flexibility index (Phi) is 11.2. The van der Waals surface area contributed by atoms with Gasteiger partial charge >= 0.3 is 0 Å². The van der Waals surface area contributed by atoms with E-state index in [0.717, 1.165) is 27.7 Å². The molecule has 4 rings (SSSR count). The molecule has 2 N–H and O–H groups in total. The molecule has 0 fully saturated rings. The van der Waals surface area contributed by atoms with Crippen LogP contribution in [0.4, 0.5) is 11.5 Å². The minimum absolute atomic E-state index is 0.0666. The van der Waals surface area contributed by atoms with Crippen LogP contribution in [0.2, 0.25) is 0 Å². The summed E-state index contributed by atoms with van der Waals surface area (Å²) in [5.74, 6) is 4.44. The van der Waals surface area contributed by atoms with E-state index in [9.17, 15) is 8.42 Å². The maximum absolute atomic E-state index is 10.5. The molecule has 0 spiro atoms. The first-order chi connectivity index (χ1) is 19.2. The molecule has 0 aliphatic rings. The fourth-order valence-electron chi connectivity index (χ4n) is 3.39. The SMILES string of the molecule is C#Cc1cccc(Nc2ncnc3cc(OCCOC)c(OCCOC)cc23)c1.Cc1ccc(S(=O)(=O)O)cc1. The predicted octanol–water partition coefficient (Wildman–Crippen LogP) is 4.65. The average molecular weight is 566 g/mol. The van der Waals surface area contributed by atoms with Gasteiger partial charge in [0.15, 0.2) is 11.5 Å². The van der Waals surface area contributed by atoms with Crippen molar-refractivity contribution < 1.29 is 31.9 Å². The van der Waals surface area contributed by atoms with E-state index in [4.69, 9.17) is 29.9 Å². The van der Waals surface area contributed by atoms with Gasteiger partial charge in [-0.3, -0.25) is 4.55 Å². The molecule has 1 aromatic heterocycles. The van der Waals surface area contributed by atoms with Crippen LogP contribution in [0.3, 0.4) is 0 Å². The lowest BCUT2D eigenvalue weighted by Crippen LogP contribution is -2.09. The third-order valence-electron chi connectivity index (χ3n) is 5.40. The van der Waals surface area contributed by atoms with Gasteiger partial charge in [0.2, 0.25) is 0 Å². The standard InChI is InChI=1S/C22H23N3O4.C7H8O3S/c1-4-16-6-5-7-17(12-16)25-22-18-13-20(28-10-8-26-2)21(29-11-9-27-3)14-19(18)23-15-24-22;1-6-2-4-7(5-3-6)11(8,9)10/h1,5-7,12-15H,8-11H2,2-3H3,(H,23,24,25);2-5H,1H3,(H,8,9,10). The quantitative estimate of drug-likeness (QED) is 0.151. The lowest BCUT2D eigenvalue weighted by Gasteiger charge is -2.15. The van der Waals surface area contributed by atoms with Gasteiger partial charge in [0.1, 0.15) is 25.4 Å². The fourth-order valence-corrected chi connectivity index (χ4v) is 3.87. The van der Waals surface area contributed by atoms with Crippen molar-refractivity contribution in [1.82, 2.24) is 9.97 Å². The van der Waals surface area contributed by atoms with Gasteiger partial charge in [-0.25, -0.2) is 9.97 Å². The number of aromatic nitrogens is 2. The number of benzene rings is 3. The molecular weight excluding hydrogens is 534 g/mol. The minimum atomic E-state index is -4.02. The largest absolute Gasteiger partial charge is 0.487 e. The van der Waals surface area contributed by atoms with Crippen LogP contribution in [0, 0.1) is 19.3 Å². The summed E-state index contributed by atoms with van der Waals surface area (Å²) in [7, 11) is -0.770. The molecule has 0 aliphatic carbocycles. The Morgan fingerprint density at radius 3 is 2.15 bits per heavy atom. The number of hydrogen-bond acceptors (Lipinski definition) is 9. The molecule has 40 heavy (non-hydrogen) atoms. The van der Waals surface area contributed by atoms with Crippen LogP contribution in [0.5, 0.6) is 11.5 Å². The zero-order valence-corrected chi connectivity index (χ0v) is 23.3. The van der Waals surface area contributed by atoms with Gasteiger partial charge in [0.05, 0.1) is 23.6 Å². The number of methoxy groups -OCH3 is 2. The molecule has 0 atom stereocenters. The second-order valence-corrected chi connectivity index (χ2v) is 9.78. The minimum Gasteiger partial charge on any atom is -0.487 e. The number of hydrogen-bond donors (Lipinski definition) is 2. The van der Waals surface area contributed by atoms with Crippen LogP contribution in [-0.4, -0.2) is 63.6 Å². The number of fused-ring (bicyclic) bond motifs is 1. The maximum atomic E-state index is 10.5. The average Bonchev–Trinajstić information content (AvgIpc) is 2.94. The molecule has 11 heteroatoms. The number of rotatable bonds is 11. The molecule has 10 nitrogen and oxygen atoms in total. The Hall–Kier alpha value is -4.21. The van der Waals surface area contributed by atoms with E-state index < -0.39 is 10.1 Å². The molecule has 4 aromatic rings. The summed E-state index contributed by atoms with van der Waals surface area (Å²) in [6.45, 7) is 3.57. The Bertz CT molecular complexity index is 1550. The third-order valence-corrected chi connectivity index (χ3v) is 6.27. The van der Waals surface area contributed by atoms with Crippen LogP contribution >= 0.6 is 0 Å². The van der Waals surface area contributed by atoms with E-state index in [0.29, 0.717) is 43.7 Å². The number of nitrogens with one attached hydrogen (secondary N) is 1. The maximum Gasteiger partial charge on any atom is 0.294 e. The van der Waals surface area contributed by atoms with E-state index in [1.165, 1.54) is 18.5 Å². The number of aryl methyl sites for hydroxylation is 1. The Morgan fingerprint density at radius 2 is 1.55 bits per heavy atom. The second kappa shape index (κ2) is 14.8. The number of ether oxygens (including phenoxy) is 4. The van der Waals surface area contributed by atoms with Gasteiger partial charge in [0.25, 0.3) is 10.1 Å². The number of anilines is 2. The van der Waals surface area contributed by atoms with E-state index in [1.54, 1.807) is 26.4 Å². The van der Waals surface area contributed by atoms with Crippen LogP contribution < -0.4 is 14.8 Å². The van der Waals surface area contributed by atoms with Crippen molar-refractivity contribution in [2.75, 3.05) is 46.0 Å². The molecular formula is C29H31N3O7S. The van der Waals surface area contributed by atoms with Crippen LogP contribution in [0.15, 0.2) is 71.9 Å². The van der Waals surface area contributed by atoms with Gasteiger partial charge in [-0.05, 0) is 43.3 Å². The highest BCUT2D eigenvalue weighted by Gasteiger charge is 2.13. The molecule has 210 valence electrons. The van der Waals surface area contributed by atoms with Crippen molar-refractivity contribution in [1.29, 1.82) is 0 Å². The Morgan fingerprint density at radius 1 is 0.900 bits per heavy atom.